The van der Waals surface area contributed by atoms with Gasteiger partial charge < -0.3 is 10.2 Å². The van der Waals surface area contributed by atoms with Crippen LogP contribution in [0.4, 0.5) is 19.0 Å². The van der Waals surface area contributed by atoms with Crippen LogP contribution in [-0.2, 0) is 11.0 Å². The number of anilines is 1. The van der Waals surface area contributed by atoms with Crippen molar-refractivity contribution in [2.45, 2.75) is 18.6 Å². The lowest BCUT2D eigenvalue weighted by atomic mass is 9.88. The minimum atomic E-state index is -4.43. The summed E-state index contributed by atoms with van der Waals surface area (Å²) in [6.07, 6.45) is 0.175. The molecule has 2 saturated heterocycles. The first kappa shape index (κ1) is 22.5. The molecule has 0 unspecified atom stereocenters. The SMILES string of the molecule is CCN1CNC(=O)C12CN(c1cnc(-c3ccc(C(F)(F)F)cc3)c(-c3ccncc3Cl)n1)C2. The molecule has 7 nitrogen and oxygen atoms in total. The Labute approximate surface area is 198 Å². The Morgan fingerprint density at radius 3 is 2.50 bits per heavy atom. The normalized spacial score (nSPS) is 17.7. The fourth-order valence-corrected chi connectivity index (χ4v) is 4.66. The molecule has 34 heavy (non-hydrogen) atoms. The van der Waals surface area contributed by atoms with Crippen LogP contribution in [0.25, 0.3) is 22.5 Å². The minimum Gasteiger partial charge on any atom is -0.350 e. The number of pyridine rings is 1. The number of nitrogens with zero attached hydrogens (tertiary/aromatic N) is 5. The van der Waals surface area contributed by atoms with Crippen molar-refractivity contribution in [1.82, 2.24) is 25.2 Å². The molecule has 0 atom stereocenters. The molecule has 176 valence electrons. The van der Waals surface area contributed by atoms with Crippen molar-refractivity contribution in [2.75, 3.05) is 31.2 Å². The lowest BCUT2D eigenvalue weighted by Crippen LogP contribution is -2.71. The van der Waals surface area contributed by atoms with Crippen LogP contribution < -0.4 is 10.2 Å². The summed E-state index contributed by atoms with van der Waals surface area (Å²) < 4.78 is 39.1. The van der Waals surface area contributed by atoms with E-state index in [1.54, 1.807) is 18.5 Å². The van der Waals surface area contributed by atoms with Crippen LogP contribution >= 0.6 is 11.6 Å². The van der Waals surface area contributed by atoms with E-state index >= 15 is 0 Å². The number of benzene rings is 1. The quantitative estimate of drug-likeness (QED) is 0.601. The molecule has 1 N–H and O–H groups in total. The highest BCUT2D eigenvalue weighted by atomic mass is 35.5. The second-order valence-electron chi connectivity index (χ2n) is 8.26. The molecule has 4 heterocycles. The summed E-state index contributed by atoms with van der Waals surface area (Å²) in [6.45, 7) is 4.18. The van der Waals surface area contributed by atoms with Gasteiger partial charge in [0.2, 0.25) is 5.91 Å². The number of halogens is 4. The Kier molecular flexibility index (Phi) is 5.44. The number of aromatic nitrogens is 3. The van der Waals surface area contributed by atoms with Crippen LogP contribution in [0.1, 0.15) is 12.5 Å². The van der Waals surface area contributed by atoms with Crippen LogP contribution in [0.15, 0.2) is 48.9 Å². The molecule has 0 bridgehead atoms. The molecule has 0 radical (unpaired) electrons. The van der Waals surface area contributed by atoms with Gasteiger partial charge in [0.25, 0.3) is 0 Å². The molecular formula is C23H20ClF3N6O. The number of alkyl halides is 3. The van der Waals surface area contributed by atoms with E-state index in [1.165, 1.54) is 18.3 Å². The Balaban J connectivity index is 1.53. The molecular weight excluding hydrogens is 469 g/mol. The molecule has 0 saturated carbocycles. The number of hydrogen-bond acceptors (Lipinski definition) is 6. The van der Waals surface area contributed by atoms with Gasteiger partial charge in [-0.2, -0.15) is 13.2 Å². The lowest BCUT2D eigenvalue weighted by Gasteiger charge is -2.50. The van der Waals surface area contributed by atoms with Crippen LogP contribution in [0, 0.1) is 0 Å². The molecule has 2 aliphatic heterocycles. The maximum absolute atomic E-state index is 13.0. The van der Waals surface area contributed by atoms with E-state index in [9.17, 15) is 18.0 Å². The van der Waals surface area contributed by atoms with Gasteiger partial charge in [-0.15, -0.1) is 0 Å². The molecule has 5 rings (SSSR count). The molecule has 0 aliphatic carbocycles. The van der Waals surface area contributed by atoms with Crippen molar-refractivity contribution in [1.29, 1.82) is 0 Å². The predicted molar refractivity (Wildman–Crippen MR) is 121 cm³/mol. The van der Waals surface area contributed by atoms with Gasteiger partial charge in [0.1, 0.15) is 17.1 Å². The predicted octanol–water partition coefficient (Wildman–Crippen LogP) is 3.85. The number of rotatable bonds is 4. The van der Waals surface area contributed by atoms with Crippen LogP contribution in [0.2, 0.25) is 5.02 Å². The molecule has 2 aromatic heterocycles. The van der Waals surface area contributed by atoms with Gasteiger partial charge in [0.05, 0.1) is 29.1 Å². The molecule has 1 aromatic carbocycles. The lowest BCUT2D eigenvalue weighted by molar-refractivity contribution is -0.137. The average molecular weight is 489 g/mol. The summed E-state index contributed by atoms with van der Waals surface area (Å²) in [4.78, 5) is 29.9. The zero-order valence-corrected chi connectivity index (χ0v) is 18.9. The van der Waals surface area contributed by atoms with Crippen molar-refractivity contribution in [3.63, 3.8) is 0 Å². The van der Waals surface area contributed by atoms with E-state index in [0.29, 0.717) is 53.1 Å². The average Bonchev–Trinajstić information content (AvgIpc) is 3.14. The van der Waals surface area contributed by atoms with E-state index in [0.717, 1.165) is 18.7 Å². The summed E-state index contributed by atoms with van der Waals surface area (Å²) in [5.74, 6) is 0.553. The van der Waals surface area contributed by atoms with E-state index in [4.69, 9.17) is 16.6 Å². The summed E-state index contributed by atoms with van der Waals surface area (Å²) in [7, 11) is 0. The molecule has 2 fully saturated rings. The second-order valence-corrected chi connectivity index (χ2v) is 8.67. The second kappa shape index (κ2) is 8.21. The topological polar surface area (TPSA) is 74.2 Å². The number of carbonyl (C=O) groups is 1. The molecule has 1 spiro atoms. The Morgan fingerprint density at radius 1 is 1.12 bits per heavy atom. The summed E-state index contributed by atoms with van der Waals surface area (Å²) >= 11 is 6.39. The smallest absolute Gasteiger partial charge is 0.350 e. The van der Waals surface area contributed by atoms with Gasteiger partial charge in [-0.25, -0.2) is 4.98 Å². The zero-order valence-electron chi connectivity index (χ0n) is 18.1. The first-order chi connectivity index (χ1) is 16.2. The highest BCUT2D eigenvalue weighted by Gasteiger charge is 2.56. The van der Waals surface area contributed by atoms with Crippen molar-refractivity contribution in [3.05, 3.63) is 59.5 Å². The first-order valence-corrected chi connectivity index (χ1v) is 11.0. The third-order valence-electron chi connectivity index (χ3n) is 6.34. The highest BCUT2D eigenvalue weighted by Crippen LogP contribution is 2.38. The maximum Gasteiger partial charge on any atom is 0.416 e. The maximum atomic E-state index is 13.0. The first-order valence-electron chi connectivity index (χ1n) is 10.7. The molecule has 2 aliphatic rings. The third-order valence-corrected chi connectivity index (χ3v) is 6.64. The number of likely N-dealkylation sites (N-methyl/N-ethyl adjacent to an activating group) is 1. The van der Waals surface area contributed by atoms with Crippen molar-refractivity contribution in [3.8, 4) is 22.5 Å². The fourth-order valence-electron chi connectivity index (χ4n) is 4.45. The van der Waals surface area contributed by atoms with Crippen LogP contribution in [-0.4, -0.2) is 57.6 Å². The minimum absolute atomic E-state index is 0.00247. The molecule has 11 heteroatoms. The van der Waals surface area contributed by atoms with E-state index in [1.807, 2.05) is 11.8 Å². The van der Waals surface area contributed by atoms with E-state index in [2.05, 4.69) is 20.2 Å². The van der Waals surface area contributed by atoms with Gasteiger partial charge >= 0.3 is 6.18 Å². The standard InChI is InChI=1S/C23H20ClF3N6O/c1-2-33-13-30-21(34)22(33)11-32(12-22)18-10-29-19(14-3-5-15(6-4-14)23(25,26)27)20(31-18)16-7-8-28-9-17(16)24/h3-10H,2,11-13H2,1H3,(H,30,34). The fraction of sp³-hybridized carbons (Fsp3) is 0.304. The number of nitrogens with one attached hydrogen (secondary N) is 1. The number of amides is 1. The van der Waals surface area contributed by atoms with Crippen molar-refractivity contribution < 1.29 is 18.0 Å². The van der Waals surface area contributed by atoms with Gasteiger partial charge in [-0.3, -0.25) is 19.7 Å². The van der Waals surface area contributed by atoms with Crippen molar-refractivity contribution >= 4 is 23.3 Å². The number of carbonyl (C=O) groups excluding carboxylic acids is 1. The monoisotopic (exact) mass is 488 g/mol. The summed E-state index contributed by atoms with van der Waals surface area (Å²) in [6, 6.07) is 6.45. The van der Waals surface area contributed by atoms with Gasteiger partial charge in [-0.1, -0.05) is 30.7 Å². The molecule has 3 aromatic rings. The Bertz CT molecular complexity index is 1240. The summed E-state index contributed by atoms with van der Waals surface area (Å²) in [5.41, 5.74) is 0.526. The van der Waals surface area contributed by atoms with E-state index < -0.39 is 17.3 Å². The third kappa shape index (κ3) is 3.67. The van der Waals surface area contributed by atoms with Crippen molar-refractivity contribution in [2.24, 2.45) is 0 Å². The summed E-state index contributed by atoms with van der Waals surface area (Å²) in [5, 5.41) is 3.24. The Hall–Kier alpha value is -3.24. The Morgan fingerprint density at radius 2 is 1.85 bits per heavy atom. The van der Waals surface area contributed by atoms with Gasteiger partial charge in [-0.05, 0) is 24.7 Å². The molecule has 1 amide bonds. The van der Waals surface area contributed by atoms with Gasteiger partial charge in [0, 0.05) is 36.6 Å². The highest BCUT2D eigenvalue weighted by molar-refractivity contribution is 6.33. The largest absolute Gasteiger partial charge is 0.416 e. The number of hydrogen-bond donors (Lipinski definition) is 1. The van der Waals surface area contributed by atoms with E-state index in [-0.39, 0.29) is 5.91 Å². The van der Waals surface area contributed by atoms with Crippen LogP contribution in [0.5, 0.6) is 0 Å². The zero-order chi connectivity index (χ0) is 24.1. The van der Waals surface area contributed by atoms with Gasteiger partial charge in [0.15, 0.2) is 0 Å². The van der Waals surface area contributed by atoms with Crippen LogP contribution in [0.3, 0.4) is 0 Å².